The third kappa shape index (κ3) is 3.71. The van der Waals surface area contributed by atoms with Crippen molar-refractivity contribution >= 4 is 11.6 Å². The van der Waals surface area contributed by atoms with Gasteiger partial charge in [-0.3, -0.25) is 4.79 Å². The van der Waals surface area contributed by atoms with Gasteiger partial charge in [-0.2, -0.15) is 18.3 Å². The van der Waals surface area contributed by atoms with Crippen LogP contribution in [0.2, 0.25) is 0 Å². The van der Waals surface area contributed by atoms with Crippen molar-refractivity contribution in [2.45, 2.75) is 26.1 Å². The van der Waals surface area contributed by atoms with Gasteiger partial charge in [-0.05, 0) is 32.0 Å². The maximum absolute atomic E-state index is 12.7. The Morgan fingerprint density at radius 3 is 2.70 bits per heavy atom. The summed E-state index contributed by atoms with van der Waals surface area (Å²) in [6.07, 6.45) is -3.32. The van der Waals surface area contributed by atoms with Gasteiger partial charge in [0, 0.05) is 11.3 Å². The fourth-order valence-electron chi connectivity index (χ4n) is 2.56. The van der Waals surface area contributed by atoms with Crippen LogP contribution < -0.4 is 10.1 Å². The molecular formula is C18H17F3N4O2. The molecule has 1 N–H and O–H groups in total. The van der Waals surface area contributed by atoms with Crippen LogP contribution in [0.4, 0.5) is 13.2 Å². The van der Waals surface area contributed by atoms with E-state index in [4.69, 9.17) is 4.74 Å². The Hall–Kier alpha value is -3.10. The number of halogens is 3. The van der Waals surface area contributed by atoms with E-state index < -0.39 is 18.1 Å². The lowest BCUT2D eigenvalue weighted by molar-refractivity contribution is -0.149. The molecule has 142 valence electrons. The van der Waals surface area contributed by atoms with E-state index >= 15 is 0 Å². The predicted molar refractivity (Wildman–Crippen MR) is 92.7 cm³/mol. The molecule has 0 aliphatic carbocycles. The zero-order chi connectivity index (χ0) is 19.8. The summed E-state index contributed by atoms with van der Waals surface area (Å²) in [5, 5.41) is 6.00. The van der Waals surface area contributed by atoms with Gasteiger partial charge in [-0.15, -0.1) is 0 Å². The van der Waals surface area contributed by atoms with Gasteiger partial charge in [0.05, 0.1) is 19.0 Å². The van der Waals surface area contributed by atoms with E-state index in [9.17, 15) is 18.0 Å². The molecule has 6 nitrogen and oxygen atoms in total. The number of carbonyl (C=O) groups is 1. The van der Waals surface area contributed by atoms with Crippen molar-refractivity contribution in [2.24, 2.45) is 0 Å². The van der Waals surface area contributed by atoms with Gasteiger partial charge in [0.2, 0.25) is 0 Å². The summed E-state index contributed by atoms with van der Waals surface area (Å²) < 4.78 is 44.8. The summed E-state index contributed by atoms with van der Waals surface area (Å²) in [5.74, 6) is -0.248. The molecule has 0 saturated heterocycles. The molecule has 1 amide bonds. The number of rotatable bonds is 4. The van der Waals surface area contributed by atoms with Crippen LogP contribution in [0.5, 0.6) is 5.75 Å². The average molecular weight is 378 g/mol. The fourth-order valence-corrected chi connectivity index (χ4v) is 2.56. The summed E-state index contributed by atoms with van der Waals surface area (Å²) in [6.45, 7) is 2.65. The lowest BCUT2D eigenvalue weighted by atomic mass is 10.1. The summed E-state index contributed by atoms with van der Waals surface area (Å²) >= 11 is 0. The minimum Gasteiger partial charge on any atom is -0.497 e. The molecule has 1 aromatic carbocycles. The molecular weight excluding hydrogens is 361 g/mol. The molecule has 0 aliphatic rings. The highest BCUT2D eigenvalue weighted by atomic mass is 19.4. The SMILES string of the molecule is COc1cccc(-c2cc(C)n3ncc(C(=O)N[C@H](C)C(F)(F)F)c3n2)c1. The molecule has 0 spiro atoms. The van der Waals surface area contributed by atoms with Gasteiger partial charge in [-0.25, -0.2) is 9.50 Å². The number of alkyl halides is 3. The summed E-state index contributed by atoms with van der Waals surface area (Å²) in [7, 11) is 1.54. The van der Waals surface area contributed by atoms with E-state index in [1.165, 1.54) is 10.7 Å². The van der Waals surface area contributed by atoms with Crippen LogP contribution in [0, 0.1) is 6.92 Å². The van der Waals surface area contributed by atoms with Gasteiger partial charge < -0.3 is 10.1 Å². The zero-order valence-electron chi connectivity index (χ0n) is 14.8. The second kappa shape index (κ2) is 6.90. The zero-order valence-corrected chi connectivity index (χ0v) is 14.8. The molecule has 27 heavy (non-hydrogen) atoms. The molecule has 0 saturated carbocycles. The maximum Gasteiger partial charge on any atom is 0.408 e. The van der Waals surface area contributed by atoms with Gasteiger partial charge in [0.25, 0.3) is 5.91 Å². The van der Waals surface area contributed by atoms with Crippen LogP contribution in [0.3, 0.4) is 0 Å². The first kappa shape index (κ1) is 18.7. The third-order valence-electron chi connectivity index (χ3n) is 4.10. The highest BCUT2D eigenvalue weighted by Crippen LogP contribution is 2.25. The smallest absolute Gasteiger partial charge is 0.408 e. The van der Waals surface area contributed by atoms with Gasteiger partial charge >= 0.3 is 6.18 Å². The number of ether oxygens (including phenoxy) is 1. The first-order valence-electron chi connectivity index (χ1n) is 8.08. The number of aromatic nitrogens is 3. The number of fused-ring (bicyclic) bond motifs is 1. The van der Waals surface area contributed by atoms with Crippen molar-refractivity contribution in [2.75, 3.05) is 7.11 Å². The Kier molecular flexibility index (Phi) is 4.77. The monoisotopic (exact) mass is 378 g/mol. The van der Waals surface area contributed by atoms with Gasteiger partial charge in [0.15, 0.2) is 5.65 Å². The van der Waals surface area contributed by atoms with Crippen molar-refractivity contribution in [3.8, 4) is 17.0 Å². The number of aryl methyl sites for hydroxylation is 1. The second-order valence-corrected chi connectivity index (χ2v) is 6.05. The average Bonchev–Trinajstić information content (AvgIpc) is 3.05. The molecule has 0 unspecified atom stereocenters. The number of amides is 1. The van der Waals surface area contributed by atoms with Crippen LogP contribution in [0.1, 0.15) is 23.0 Å². The van der Waals surface area contributed by atoms with Crippen molar-refractivity contribution in [3.05, 3.63) is 47.8 Å². The molecule has 3 rings (SSSR count). The lowest BCUT2D eigenvalue weighted by Gasteiger charge is -2.16. The summed E-state index contributed by atoms with van der Waals surface area (Å²) in [4.78, 5) is 16.7. The highest BCUT2D eigenvalue weighted by Gasteiger charge is 2.37. The number of nitrogens with one attached hydrogen (secondary N) is 1. The van der Waals surface area contributed by atoms with Crippen LogP contribution in [-0.2, 0) is 0 Å². The molecule has 0 fully saturated rings. The largest absolute Gasteiger partial charge is 0.497 e. The van der Waals surface area contributed by atoms with Crippen molar-refractivity contribution < 1.29 is 22.7 Å². The lowest BCUT2D eigenvalue weighted by Crippen LogP contribution is -2.43. The van der Waals surface area contributed by atoms with Gasteiger partial charge in [-0.1, -0.05) is 12.1 Å². The van der Waals surface area contributed by atoms with Crippen molar-refractivity contribution in [1.82, 2.24) is 19.9 Å². The minimum atomic E-state index is -4.53. The highest BCUT2D eigenvalue weighted by molar-refractivity contribution is 6.00. The van der Waals surface area contributed by atoms with E-state index in [1.807, 2.05) is 11.4 Å². The second-order valence-electron chi connectivity index (χ2n) is 6.05. The quantitative estimate of drug-likeness (QED) is 0.756. The number of hydrogen-bond acceptors (Lipinski definition) is 4. The number of hydrogen-bond donors (Lipinski definition) is 1. The molecule has 0 aliphatic heterocycles. The van der Waals surface area contributed by atoms with Crippen LogP contribution in [0.15, 0.2) is 36.5 Å². The fraction of sp³-hybridized carbons (Fsp3) is 0.278. The van der Waals surface area contributed by atoms with Crippen LogP contribution in [-0.4, -0.2) is 39.8 Å². The number of nitrogens with zero attached hydrogens (tertiary/aromatic N) is 3. The molecule has 1 atom stereocenters. The van der Waals surface area contributed by atoms with E-state index in [2.05, 4.69) is 10.1 Å². The minimum absolute atomic E-state index is 0.0288. The van der Waals surface area contributed by atoms with Crippen molar-refractivity contribution in [3.63, 3.8) is 0 Å². The maximum atomic E-state index is 12.7. The normalized spacial score (nSPS) is 12.8. The van der Waals surface area contributed by atoms with E-state index in [-0.39, 0.29) is 11.2 Å². The molecule has 9 heteroatoms. The Balaban J connectivity index is 2.03. The number of methoxy groups -OCH3 is 1. The third-order valence-corrected chi connectivity index (χ3v) is 4.10. The standard InChI is InChI=1S/C18H17F3N4O2/c1-10-7-15(12-5-4-6-13(8-12)27-3)24-16-14(9-22-25(10)16)17(26)23-11(2)18(19,20)21/h4-9,11H,1-3H3,(H,23,26)/t11-/m1/s1. The predicted octanol–water partition coefficient (Wildman–Crippen LogP) is 3.39. The molecule has 0 radical (unpaired) electrons. The Bertz CT molecular complexity index is 998. The topological polar surface area (TPSA) is 68.5 Å². The summed E-state index contributed by atoms with van der Waals surface area (Å²) in [6, 6.07) is 6.97. The molecule has 2 heterocycles. The van der Waals surface area contributed by atoms with E-state index in [1.54, 1.807) is 38.3 Å². The molecule has 3 aromatic rings. The molecule has 2 aromatic heterocycles. The Labute approximate surface area is 153 Å². The number of carbonyl (C=O) groups excluding carboxylic acids is 1. The van der Waals surface area contributed by atoms with Gasteiger partial charge in [0.1, 0.15) is 17.4 Å². The molecule has 0 bridgehead atoms. The summed E-state index contributed by atoms with van der Waals surface area (Å²) in [5.41, 5.74) is 2.13. The van der Waals surface area contributed by atoms with Crippen molar-refractivity contribution in [1.29, 1.82) is 0 Å². The first-order valence-corrected chi connectivity index (χ1v) is 8.08. The Morgan fingerprint density at radius 2 is 2.04 bits per heavy atom. The number of benzene rings is 1. The van der Waals surface area contributed by atoms with E-state index in [0.717, 1.165) is 12.5 Å². The van der Waals surface area contributed by atoms with E-state index in [0.29, 0.717) is 17.1 Å². The van der Waals surface area contributed by atoms with Crippen LogP contribution in [0.25, 0.3) is 16.9 Å². The van der Waals surface area contributed by atoms with Crippen LogP contribution >= 0.6 is 0 Å². The first-order chi connectivity index (χ1) is 12.7. The Morgan fingerprint density at radius 1 is 1.30 bits per heavy atom.